The average molecular weight is 262 g/mol. The highest BCUT2D eigenvalue weighted by Crippen LogP contribution is 1.97. The van der Waals surface area contributed by atoms with Gasteiger partial charge in [0.05, 0.1) is 0 Å². The van der Waals surface area contributed by atoms with Gasteiger partial charge < -0.3 is 15.4 Å². The Balaban J connectivity index is 0. The lowest BCUT2D eigenvalue weighted by Gasteiger charge is -2.06. The van der Waals surface area contributed by atoms with E-state index in [1.807, 2.05) is 20.9 Å². The molecule has 0 unspecified atom stereocenters. The fourth-order valence-electron chi connectivity index (χ4n) is 1.22. The zero-order valence-corrected chi connectivity index (χ0v) is 12.1. The molecular weight excluding hydrogens is 232 g/mol. The smallest absolute Gasteiger partial charge is 0.407 e. The zero-order chi connectivity index (χ0) is 14.1. The first-order chi connectivity index (χ1) is 8.81. The standard InChI is InChI=1S/C10H24N4O2.C2H6/c1-12-6-4-2-3-5-7-13-10(15)16-9-8-14-11;1-2/h12,14H,2-9,11H2,1H3,(H,13,15);1-2H3. The van der Waals surface area contributed by atoms with Crippen LogP contribution in [0.1, 0.15) is 39.5 Å². The van der Waals surface area contributed by atoms with Gasteiger partial charge in [-0.1, -0.05) is 26.7 Å². The molecule has 0 saturated heterocycles. The van der Waals surface area contributed by atoms with Crippen molar-refractivity contribution in [3.63, 3.8) is 0 Å². The summed E-state index contributed by atoms with van der Waals surface area (Å²) in [5.74, 6) is 5.03. The molecule has 1 amide bonds. The van der Waals surface area contributed by atoms with Gasteiger partial charge in [-0.15, -0.1) is 0 Å². The summed E-state index contributed by atoms with van der Waals surface area (Å²) in [5, 5.41) is 5.79. The predicted octanol–water partition coefficient (Wildman–Crippen LogP) is 0.982. The summed E-state index contributed by atoms with van der Waals surface area (Å²) in [6, 6.07) is 0. The Bertz CT molecular complexity index is 168. The minimum atomic E-state index is -0.370. The fraction of sp³-hybridized carbons (Fsp3) is 0.917. The lowest BCUT2D eigenvalue weighted by molar-refractivity contribution is 0.146. The summed E-state index contributed by atoms with van der Waals surface area (Å²) < 4.78 is 4.82. The molecule has 6 heteroatoms. The molecule has 0 bridgehead atoms. The van der Waals surface area contributed by atoms with E-state index in [1.165, 1.54) is 12.8 Å². The van der Waals surface area contributed by atoms with Gasteiger partial charge in [0.1, 0.15) is 6.61 Å². The number of rotatable bonds is 10. The van der Waals surface area contributed by atoms with Crippen molar-refractivity contribution in [1.29, 1.82) is 0 Å². The van der Waals surface area contributed by atoms with E-state index in [2.05, 4.69) is 16.1 Å². The number of hydrazine groups is 1. The van der Waals surface area contributed by atoms with Crippen LogP contribution in [0.4, 0.5) is 4.79 Å². The number of unbranched alkanes of at least 4 members (excludes halogenated alkanes) is 3. The first kappa shape index (κ1) is 19.5. The van der Waals surface area contributed by atoms with Crippen LogP contribution in [0.3, 0.4) is 0 Å². The highest BCUT2D eigenvalue weighted by Gasteiger charge is 1.99. The Morgan fingerprint density at radius 1 is 1.06 bits per heavy atom. The normalized spacial score (nSPS) is 9.33. The van der Waals surface area contributed by atoms with Gasteiger partial charge in [-0.3, -0.25) is 11.3 Å². The van der Waals surface area contributed by atoms with Gasteiger partial charge in [-0.2, -0.15) is 0 Å². The maximum absolute atomic E-state index is 11.0. The summed E-state index contributed by atoms with van der Waals surface area (Å²) in [6.45, 7) is 6.50. The number of carbonyl (C=O) groups is 1. The number of carbonyl (C=O) groups excluding carboxylic acids is 1. The fourth-order valence-corrected chi connectivity index (χ4v) is 1.22. The van der Waals surface area contributed by atoms with Gasteiger partial charge in [0, 0.05) is 13.1 Å². The Morgan fingerprint density at radius 2 is 1.67 bits per heavy atom. The van der Waals surface area contributed by atoms with Crippen molar-refractivity contribution in [1.82, 2.24) is 16.1 Å². The third-order valence-electron chi connectivity index (χ3n) is 2.10. The van der Waals surface area contributed by atoms with Crippen molar-refractivity contribution in [3.8, 4) is 0 Å². The van der Waals surface area contributed by atoms with Crippen molar-refractivity contribution in [2.75, 3.05) is 33.3 Å². The Kier molecular flexibility index (Phi) is 20.0. The topological polar surface area (TPSA) is 88.4 Å². The monoisotopic (exact) mass is 262 g/mol. The van der Waals surface area contributed by atoms with Crippen LogP contribution >= 0.6 is 0 Å². The Labute approximate surface area is 111 Å². The summed E-state index contributed by atoms with van der Waals surface area (Å²) in [7, 11) is 1.95. The largest absolute Gasteiger partial charge is 0.448 e. The quantitative estimate of drug-likeness (QED) is 0.268. The van der Waals surface area contributed by atoms with Crippen molar-refractivity contribution < 1.29 is 9.53 Å². The number of nitrogens with one attached hydrogen (secondary N) is 3. The Morgan fingerprint density at radius 3 is 2.22 bits per heavy atom. The van der Waals surface area contributed by atoms with E-state index in [4.69, 9.17) is 10.6 Å². The van der Waals surface area contributed by atoms with Crippen LogP contribution in [0.5, 0.6) is 0 Å². The number of hydrogen-bond acceptors (Lipinski definition) is 5. The van der Waals surface area contributed by atoms with E-state index in [9.17, 15) is 4.79 Å². The van der Waals surface area contributed by atoms with Gasteiger partial charge >= 0.3 is 6.09 Å². The van der Waals surface area contributed by atoms with E-state index < -0.39 is 0 Å². The molecule has 0 aromatic carbocycles. The minimum absolute atomic E-state index is 0.296. The third-order valence-corrected chi connectivity index (χ3v) is 2.10. The maximum atomic E-state index is 11.0. The molecule has 0 spiro atoms. The third kappa shape index (κ3) is 17.5. The molecule has 5 N–H and O–H groups in total. The van der Waals surface area contributed by atoms with Crippen LogP contribution in [-0.2, 0) is 4.74 Å². The molecule has 0 aliphatic rings. The lowest BCUT2D eigenvalue weighted by Crippen LogP contribution is -2.31. The molecule has 0 saturated carbocycles. The van der Waals surface area contributed by atoms with Crippen molar-refractivity contribution in [2.45, 2.75) is 39.5 Å². The van der Waals surface area contributed by atoms with Gasteiger partial charge in [0.2, 0.25) is 0 Å². The number of nitrogens with two attached hydrogens (primary N) is 1. The summed E-state index contributed by atoms with van der Waals surface area (Å²) in [4.78, 5) is 11.0. The van der Waals surface area contributed by atoms with Crippen LogP contribution in [0, 0.1) is 0 Å². The molecule has 0 atom stereocenters. The highest BCUT2D eigenvalue weighted by atomic mass is 16.5. The first-order valence-corrected chi connectivity index (χ1v) is 6.80. The van der Waals surface area contributed by atoms with Crippen molar-refractivity contribution in [3.05, 3.63) is 0 Å². The van der Waals surface area contributed by atoms with E-state index in [0.29, 0.717) is 19.7 Å². The van der Waals surface area contributed by atoms with Gasteiger partial charge in [0.25, 0.3) is 0 Å². The molecule has 0 radical (unpaired) electrons. The molecule has 0 aromatic heterocycles. The van der Waals surface area contributed by atoms with Crippen LogP contribution in [0.15, 0.2) is 0 Å². The number of hydrogen-bond donors (Lipinski definition) is 4. The number of ether oxygens (including phenoxy) is 1. The molecule has 0 fully saturated rings. The van der Waals surface area contributed by atoms with Crippen LogP contribution in [-0.4, -0.2) is 39.4 Å². The Hall–Kier alpha value is -0.850. The predicted molar refractivity (Wildman–Crippen MR) is 75.3 cm³/mol. The van der Waals surface area contributed by atoms with Crippen LogP contribution in [0.2, 0.25) is 0 Å². The van der Waals surface area contributed by atoms with Crippen LogP contribution in [0.25, 0.3) is 0 Å². The second kappa shape index (κ2) is 18.5. The second-order valence-electron chi connectivity index (χ2n) is 3.53. The average Bonchev–Trinajstić information content (AvgIpc) is 2.40. The molecule has 0 rings (SSSR count). The first-order valence-electron chi connectivity index (χ1n) is 6.80. The molecule has 110 valence electrons. The van der Waals surface area contributed by atoms with E-state index in [-0.39, 0.29) is 6.09 Å². The van der Waals surface area contributed by atoms with Gasteiger partial charge in [0.15, 0.2) is 0 Å². The van der Waals surface area contributed by atoms with Gasteiger partial charge in [-0.25, -0.2) is 4.79 Å². The lowest BCUT2D eigenvalue weighted by atomic mass is 10.2. The molecule has 6 nitrogen and oxygen atoms in total. The molecule has 0 aromatic rings. The van der Waals surface area contributed by atoms with Crippen LogP contribution < -0.4 is 21.9 Å². The number of amides is 1. The van der Waals surface area contributed by atoms with Crippen molar-refractivity contribution in [2.24, 2.45) is 5.84 Å². The van der Waals surface area contributed by atoms with E-state index >= 15 is 0 Å². The van der Waals surface area contributed by atoms with Gasteiger partial charge in [-0.05, 0) is 26.4 Å². The second-order valence-corrected chi connectivity index (χ2v) is 3.53. The molecule has 0 aliphatic carbocycles. The molecule has 18 heavy (non-hydrogen) atoms. The number of alkyl carbamates (subject to hydrolysis) is 1. The molecular formula is C12H30N4O2. The summed E-state index contributed by atoms with van der Waals surface area (Å²) in [6.07, 6.45) is 4.13. The van der Waals surface area contributed by atoms with E-state index in [0.717, 1.165) is 19.4 Å². The summed E-state index contributed by atoms with van der Waals surface area (Å²) in [5.41, 5.74) is 2.41. The maximum Gasteiger partial charge on any atom is 0.407 e. The highest BCUT2D eigenvalue weighted by molar-refractivity contribution is 5.66. The van der Waals surface area contributed by atoms with Crippen molar-refractivity contribution >= 4 is 6.09 Å². The molecule has 0 aliphatic heterocycles. The van der Waals surface area contributed by atoms with E-state index in [1.54, 1.807) is 0 Å². The minimum Gasteiger partial charge on any atom is -0.448 e. The zero-order valence-electron chi connectivity index (χ0n) is 12.1. The summed E-state index contributed by atoms with van der Waals surface area (Å²) >= 11 is 0. The SMILES string of the molecule is CC.CNCCCCCCNC(=O)OCCNN. The molecule has 0 heterocycles.